The molecule has 31 heavy (non-hydrogen) atoms. The molecule has 160 valence electrons. The zero-order chi connectivity index (χ0) is 21.8. The molecule has 2 aromatic carbocycles. The lowest BCUT2D eigenvalue weighted by atomic mass is 9.97. The molecule has 1 aliphatic heterocycles. The molecular weight excluding hydrogens is 463 g/mol. The highest BCUT2D eigenvalue weighted by molar-refractivity contribution is 9.10. The smallest absolute Gasteiger partial charge is 0.229 e. The summed E-state index contributed by atoms with van der Waals surface area (Å²) in [6.45, 7) is 1.31. The molecule has 0 aliphatic carbocycles. The molecule has 0 bridgehead atoms. The van der Waals surface area contributed by atoms with Crippen LogP contribution >= 0.6 is 15.9 Å². The van der Waals surface area contributed by atoms with E-state index in [0.717, 1.165) is 42.2 Å². The zero-order valence-corrected chi connectivity index (χ0v) is 18.6. The van der Waals surface area contributed by atoms with Crippen molar-refractivity contribution in [2.75, 3.05) is 30.4 Å². The van der Waals surface area contributed by atoms with E-state index >= 15 is 0 Å². The summed E-state index contributed by atoms with van der Waals surface area (Å²) in [7, 11) is 1.63. The SMILES string of the molecule is COc1ccc(-c2ccc(N3CCCC(C(=O)Nc4ccc(Br)cc4F)C3)nn2)cc1. The van der Waals surface area contributed by atoms with Crippen LogP contribution in [0.3, 0.4) is 0 Å². The van der Waals surface area contributed by atoms with E-state index in [1.54, 1.807) is 19.2 Å². The number of piperidine rings is 1. The molecule has 6 nitrogen and oxygen atoms in total. The molecule has 4 rings (SSSR count). The van der Waals surface area contributed by atoms with E-state index in [4.69, 9.17) is 4.74 Å². The summed E-state index contributed by atoms with van der Waals surface area (Å²) in [5.74, 6) is 0.613. The molecular formula is C23H22BrFN4O2. The highest BCUT2D eigenvalue weighted by Crippen LogP contribution is 2.26. The maximum absolute atomic E-state index is 14.1. The number of ether oxygens (including phenoxy) is 1. The third-order valence-corrected chi connectivity index (χ3v) is 5.83. The molecule has 0 spiro atoms. The van der Waals surface area contributed by atoms with Crippen molar-refractivity contribution in [3.05, 3.63) is 64.9 Å². The second-order valence-electron chi connectivity index (χ2n) is 7.40. The van der Waals surface area contributed by atoms with E-state index in [1.807, 2.05) is 36.4 Å². The number of anilines is 2. The lowest BCUT2D eigenvalue weighted by molar-refractivity contribution is -0.120. The van der Waals surface area contributed by atoms with E-state index in [-0.39, 0.29) is 17.5 Å². The van der Waals surface area contributed by atoms with Gasteiger partial charge in [0.15, 0.2) is 5.82 Å². The van der Waals surface area contributed by atoms with Crippen LogP contribution in [0.1, 0.15) is 12.8 Å². The minimum absolute atomic E-state index is 0.186. The topological polar surface area (TPSA) is 67.3 Å². The third kappa shape index (κ3) is 5.02. The third-order valence-electron chi connectivity index (χ3n) is 5.34. The summed E-state index contributed by atoms with van der Waals surface area (Å²) in [5.41, 5.74) is 1.91. The van der Waals surface area contributed by atoms with Crippen LogP contribution in [0.5, 0.6) is 5.75 Å². The van der Waals surface area contributed by atoms with Gasteiger partial charge in [-0.2, -0.15) is 0 Å². The van der Waals surface area contributed by atoms with Crippen molar-refractivity contribution in [1.29, 1.82) is 0 Å². The van der Waals surface area contributed by atoms with Gasteiger partial charge in [0.2, 0.25) is 5.91 Å². The van der Waals surface area contributed by atoms with E-state index in [0.29, 0.717) is 11.0 Å². The van der Waals surface area contributed by atoms with Gasteiger partial charge in [0.05, 0.1) is 24.4 Å². The predicted octanol–water partition coefficient (Wildman–Crippen LogP) is 4.91. The molecule has 2 heterocycles. The van der Waals surface area contributed by atoms with Crippen LogP contribution in [0.2, 0.25) is 0 Å². The molecule has 1 saturated heterocycles. The number of aromatic nitrogens is 2. The van der Waals surface area contributed by atoms with Crippen LogP contribution < -0.4 is 15.0 Å². The number of rotatable bonds is 5. The number of hydrogen-bond donors (Lipinski definition) is 1. The van der Waals surface area contributed by atoms with Crippen molar-refractivity contribution in [3.8, 4) is 17.0 Å². The molecule has 1 N–H and O–H groups in total. The van der Waals surface area contributed by atoms with E-state index < -0.39 is 5.82 Å². The first-order valence-corrected chi connectivity index (χ1v) is 10.8. The second kappa shape index (κ2) is 9.43. The first-order chi connectivity index (χ1) is 15.0. The Balaban J connectivity index is 1.42. The summed E-state index contributed by atoms with van der Waals surface area (Å²) >= 11 is 3.22. The minimum atomic E-state index is -0.463. The second-order valence-corrected chi connectivity index (χ2v) is 8.32. The predicted molar refractivity (Wildman–Crippen MR) is 122 cm³/mol. The highest BCUT2D eigenvalue weighted by Gasteiger charge is 2.27. The standard InChI is InChI=1S/C23H22BrFN4O2/c1-31-18-7-4-15(5-8-18)20-10-11-22(28-27-20)29-12-2-3-16(14-29)23(30)26-21-9-6-17(24)13-19(21)25/h4-11,13,16H,2-3,12,14H2,1H3,(H,26,30). The van der Waals surface area contributed by atoms with Gasteiger partial charge in [-0.25, -0.2) is 4.39 Å². The number of carbonyl (C=O) groups excluding carboxylic acids is 1. The van der Waals surface area contributed by atoms with E-state index in [1.165, 1.54) is 6.07 Å². The normalized spacial score (nSPS) is 16.1. The van der Waals surface area contributed by atoms with E-state index in [9.17, 15) is 9.18 Å². The molecule has 1 amide bonds. The van der Waals surface area contributed by atoms with Crippen molar-refractivity contribution in [1.82, 2.24) is 10.2 Å². The van der Waals surface area contributed by atoms with Crippen LogP contribution in [-0.4, -0.2) is 36.3 Å². The molecule has 3 aromatic rings. The number of nitrogens with zero attached hydrogens (tertiary/aromatic N) is 3. The van der Waals surface area contributed by atoms with Gasteiger partial charge >= 0.3 is 0 Å². The fraction of sp³-hybridized carbons (Fsp3) is 0.261. The summed E-state index contributed by atoms with van der Waals surface area (Å²) < 4.78 is 19.9. The zero-order valence-electron chi connectivity index (χ0n) is 17.0. The monoisotopic (exact) mass is 484 g/mol. The number of carbonyl (C=O) groups is 1. The molecule has 0 radical (unpaired) electrons. The summed E-state index contributed by atoms with van der Waals surface area (Å²) in [6, 6.07) is 16.1. The number of nitrogens with one attached hydrogen (secondary N) is 1. The Morgan fingerprint density at radius 1 is 1.16 bits per heavy atom. The minimum Gasteiger partial charge on any atom is -0.497 e. The van der Waals surface area contributed by atoms with Crippen molar-refractivity contribution in [3.63, 3.8) is 0 Å². The molecule has 1 unspecified atom stereocenters. The fourth-order valence-electron chi connectivity index (χ4n) is 3.63. The van der Waals surface area contributed by atoms with Gasteiger partial charge in [0, 0.05) is 23.1 Å². The molecule has 1 atom stereocenters. The average molecular weight is 485 g/mol. The van der Waals surface area contributed by atoms with E-state index in [2.05, 4.69) is 36.3 Å². The van der Waals surface area contributed by atoms with Crippen LogP contribution in [-0.2, 0) is 4.79 Å². The van der Waals surface area contributed by atoms with Crippen LogP contribution in [0.25, 0.3) is 11.3 Å². The number of hydrogen-bond acceptors (Lipinski definition) is 5. The fourth-order valence-corrected chi connectivity index (χ4v) is 3.97. The highest BCUT2D eigenvalue weighted by atomic mass is 79.9. The quantitative estimate of drug-likeness (QED) is 0.557. The van der Waals surface area contributed by atoms with Gasteiger partial charge in [-0.05, 0) is 67.4 Å². The number of methoxy groups -OCH3 is 1. The Morgan fingerprint density at radius 2 is 1.97 bits per heavy atom. The van der Waals surface area contributed by atoms with Gasteiger partial charge in [-0.3, -0.25) is 4.79 Å². The van der Waals surface area contributed by atoms with Gasteiger partial charge in [-0.15, -0.1) is 10.2 Å². The average Bonchev–Trinajstić information content (AvgIpc) is 2.81. The first kappa shape index (κ1) is 21.2. The first-order valence-electron chi connectivity index (χ1n) is 10.0. The van der Waals surface area contributed by atoms with Crippen LogP contribution in [0.4, 0.5) is 15.9 Å². The molecule has 8 heteroatoms. The Bertz CT molecular complexity index is 1060. The Labute approximate surface area is 188 Å². The van der Waals surface area contributed by atoms with Crippen molar-refractivity contribution in [2.24, 2.45) is 5.92 Å². The summed E-state index contributed by atoms with van der Waals surface area (Å²) in [6.07, 6.45) is 1.60. The van der Waals surface area contributed by atoms with Gasteiger partial charge < -0.3 is 15.0 Å². The van der Waals surface area contributed by atoms with Crippen LogP contribution in [0, 0.1) is 11.7 Å². The number of halogens is 2. The molecule has 1 aliphatic rings. The number of benzene rings is 2. The summed E-state index contributed by atoms with van der Waals surface area (Å²) in [5, 5.41) is 11.4. The lowest BCUT2D eigenvalue weighted by Crippen LogP contribution is -2.41. The van der Waals surface area contributed by atoms with Crippen molar-refractivity contribution >= 4 is 33.3 Å². The van der Waals surface area contributed by atoms with Gasteiger partial charge in [-0.1, -0.05) is 15.9 Å². The maximum atomic E-state index is 14.1. The van der Waals surface area contributed by atoms with Crippen molar-refractivity contribution in [2.45, 2.75) is 12.8 Å². The Hall–Kier alpha value is -3.00. The van der Waals surface area contributed by atoms with Crippen LogP contribution in [0.15, 0.2) is 59.1 Å². The number of amides is 1. The Kier molecular flexibility index (Phi) is 6.46. The van der Waals surface area contributed by atoms with Gasteiger partial charge in [0.25, 0.3) is 0 Å². The Morgan fingerprint density at radius 3 is 2.65 bits per heavy atom. The largest absolute Gasteiger partial charge is 0.497 e. The van der Waals surface area contributed by atoms with Crippen molar-refractivity contribution < 1.29 is 13.9 Å². The molecule has 1 fully saturated rings. The molecule has 0 saturated carbocycles. The lowest BCUT2D eigenvalue weighted by Gasteiger charge is -2.32. The molecule has 1 aromatic heterocycles. The van der Waals surface area contributed by atoms with Gasteiger partial charge in [0.1, 0.15) is 11.6 Å². The summed E-state index contributed by atoms with van der Waals surface area (Å²) in [4.78, 5) is 14.8. The maximum Gasteiger partial charge on any atom is 0.229 e.